The second kappa shape index (κ2) is 20.8. The Labute approximate surface area is 440 Å². The molecule has 0 N–H and O–H groups in total. The molecule has 9 aromatic carbocycles. The van der Waals surface area contributed by atoms with Crippen LogP contribution < -0.4 is 9.80 Å². The van der Waals surface area contributed by atoms with Crippen molar-refractivity contribution >= 4 is 52.7 Å². The van der Waals surface area contributed by atoms with E-state index in [9.17, 15) is 0 Å². The second-order valence-electron chi connectivity index (χ2n) is 19.9. The summed E-state index contributed by atoms with van der Waals surface area (Å²) in [5.74, 6) is 0. The molecule has 0 amide bonds. The third kappa shape index (κ3) is 9.32. The largest absolute Gasteiger partial charge is 0.311 e. The number of hydrogen-bond acceptors (Lipinski definition) is 2. The maximum atomic E-state index is 4.08. The van der Waals surface area contributed by atoms with Gasteiger partial charge in [-0.15, -0.1) is 0 Å². The van der Waals surface area contributed by atoms with Crippen LogP contribution in [0, 0.1) is 0 Å². The molecule has 2 aliphatic rings. The summed E-state index contributed by atoms with van der Waals surface area (Å²) in [6.45, 7) is 21.5. The Morgan fingerprint density at radius 3 is 1.09 bits per heavy atom. The van der Waals surface area contributed by atoms with Crippen LogP contribution in [0.15, 0.2) is 249 Å². The van der Waals surface area contributed by atoms with Crippen LogP contribution in [-0.4, -0.2) is 0 Å². The first-order chi connectivity index (χ1) is 36.1. The number of rotatable bonds is 13. The van der Waals surface area contributed by atoms with Crippen molar-refractivity contribution in [2.75, 3.05) is 9.80 Å². The summed E-state index contributed by atoms with van der Waals surface area (Å²) in [6.07, 6.45) is 14.6. The van der Waals surface area contributed by atoms with E-state index in [1.807, 2.05) is 32.1 Å². The van der Waals surface area contributed by atoms with Gasteiger partial charge in [-0.3, -0.25) is 0 Å². The molecule has 9 aromatic rings. The summed E-state index contributed by atoms with van der Waals surface area (Å²) in [5.41, 5.74) is 24.2. The van der Waals surface area contributed by atoms with Gasteiger partial charge in [0.1, 0.15) is 0 Å². The van der Waals surface area contributed by atoms with Crippen molar-refractivity contribution in [2.24, 2.45) is 0 Å². The van der Waals surface area contributed by atoms with Crippen molar-refractivity contribution in [3.8, 4) is 33.4 Å². The zero-order valence-corrected chi connectivity index (χ0v) is 43.6. The Bertz CT molecular complexity index is 3530. The number of allylic oxidation sites excluding steroid dienone is 3. The lowest BCUT2D eigenvalue weighted by Gasteiger charge is -2.26. The summed E-state index contributed by atoms with van der Waals surface area (Å²) in [6, 6.07) is 77.1. The summed E-state index contributed by atoms with van der Waals surface area (Å²) in [4.78, 5) is 4.49. The van der Waals surface area contributed by atoms with Crippen molar-refractivity contribution in [1.82, 2.24) is 0 Å². The predicted octanol–water partition coefficient (Wildman–Crippen LogP) is 20.2. The zero-order valence-electron chi connectivity index (χ0n) is 43.6. The van der Waals surface area contributed by atoms with Crippen molar-refractivity contribution in [3.05, 3.63) is 294 Å². The minimum atomic E-state index is -0.155. The quantitative estimate of drug-likeness (QED) is 0.0839. The van der Waals surface area contributed by atoms with Crippen LogP contribution in [-0.2, 0) is 10.8 Å². The summed E-state index contributed by atoms with van der Waals surface area (Å²) in [7, 11) is 0. The third-order valence-electron chi connectivity index (χ3n) is 14.8. The molecule has 0 saturated heterocycles. The first-order valence-electron chi connectivity index (χ1n) is 26.0. The lowest BCUT2D eigenvalue weighted by atomic mass is 9.80. The Kier molecular flexibility index (Phi) is 13.7. The molecular formula is C72H64N2. The topological polar surface area (TPSA) is 6.48 Å². The van der Waals surface area contributed by atoms with E-state index in [0.717, 1.165) is 45.3 Å². The highest BCUT2D eigenvalue weighted by molar-refractivity contribution is 5.89. The number of benzene rings is 9. The molecule has 0 fully saturated rings. The highest BCUT2D eigenvalue weighted by atomic mass is 15.1. The van der Waals surface area contributed by atoms with Gasteiger partial charge in [-0.25, -0.2) is 0 Å². The molecule has 2 heteroatoms. The van der Waals surface area contributed by atoms with Gasteiger partial charge in [0, 0.05) is 45.0 Å². The van der Waals surface area contributed by atoms with Crippen LogP contribution in [0.3, 0.4) is 0 Å². The number of nitrogens with zero attached hydrogens (tertiary/aromatic N) is 2. The standard InChI is InChI=1S/C70H58N2.C2H6/c1-7-18-55(8-2)71(56-19-12-9-13-20-56)59-37-29-49(30-38-59)25-27-51-33-41-61-63-43-35-53(47-67(63)69(3,4)65(61)45-51)54-36-44-64-62-42-34-52(46-66(62)70(5,6)68(64)48-54)28-26-50-31-39-60(40-32-50)72(57-21-14-10-15-22-57)58-23-16-11-17-24-58;1-2/h7-48H,1-2H2,3-6H3;1-2H3/b27-25+,28-26+,55-18+;. The van der Waals surface area contributed by atoms with Crippen LogP contribution in [0.5, 0.6) is 0 Å². The third-order valence-corrected chi connectivity index (χ3v) is 14.8. The van der Waals surface area contributed by atoms with Crippen LogP contribution >= 0.6 is 0 Å². The summed E-state index contributed by atoms with van der Waals surface area (Å²) >= 11 is 0. The van der Waals surface area contributed by atoms with E-state index < -0.39 is 0 Å². The number of anilines is 5. The highest BCUT2D eigenvalue weighted by Gasteiger charge is 2.37. The van der Waals surface area contributed by atoms with Gasteiger partial charge in [0.15, 0.2) is 0 Å². The molecule has 0 saturated carbocycles. The van der Waals surface area contributed by atoms with E-state index in [-0.39, 0.29) is 10.8 Å². The average Bonchev–Trinajstić information content (AvgIpc) is 3.82. The first-order valence-corrected chi connectivity index (χ1v) is 26.0. The van der Waals surface area contributed by atoms with Gasteiger partial charge in [-0.05, 0) is 163 Å². The molecular weight excluding hydrogens is 893 g/mol. The fourth-order valence-corrected chi connectivity index (χ4v) is 10.9. The molecule has 11 rings (SSSR count). The zero-order chi connectivity index (χ0) is 51.4. The van der Waals surface area contributed by atoms with Crippen LogP contribution in [0.1, 0.15) is 86.1 Å². The molecule has 362 valence electrons. The van der Waals surface area contributed by atoms with Crippen LogP contribution in [0.4, 0.5) is 28.4 Å². The van der Waals surface area contributed by atoms with Gasteiger partial charge in [0.25, 0.3) is 0 Å². The van der Waals surface area contributed by atoms with Crippen LogP contribution in [0.25, 0.3) is 57.7 Å². The van der Waals surface area contributed by atoms with Crippen molar-refractivity contribution in [3.63, 3.8) is 0 Å². The molecule has 0 heterocycles. The van der Waals surface area contributed by atoms with Gasteiger partial charge in [-0.1, -0.05) is 225 Å². The van der Waals surface area contributed by atoms with Gasteiger partial charge in [0.2, 0.25) is 0 Å². The minimum Gasteiger partial charge on any atom is -0.311 e. The summed E-state index contributed by atoms with van der Waals surface area (Å²) in [5, 5.41) is 0. The molecule has 0 aromatic heterocycles. The molecule has 0 atom stereocenters. The monoisotopic (exact) mass is 957 g/mol. The van der Waals surface area contributed by atoms with Crippen molar-refractivity contribution in [1.29, 1.82) is 0 Å². The van der Waals surface area contributed by atoms with Gasteiger partial charge in [0.05, 0.1) is 0 Å². The Morgan fingerprint density at radius 2 is 0.689 bits per heavy atom. The molecule has 0 radical (unpaired) electrons. The van der Waals surface area contributed by atoms with E-state index >= 15 is 0 Å². The van der Waals surface area contributed by atoms with Crippen molar-refractivity contribution < 1.29 is 0 Å². The molecule has 2 nitrogen and oxygen atoms in total. The van der Waals surface area contributed by atoms with E-state index in [0.29, 0.717) is 0 Å². The fraction of sp³-hybridized carbons (Fsp3) is 0.111. The SMILES string of the molecule is C=C/C=C(\C=C)N(c1ccccc1)c1ccc(/C=C/c2ccc3c(c2)C(C)(C)c2cc(-c4ccc5c(c4)C(C)(C)c4cc(/C=C/c6ccc(N(c7ccccc7)c7ccccc7)cc6)ccc4-5)ccc2-3)cc1.CC. The normalized spacial score (nSPS) is 13.6. The van der Waals surface area contributed by atoms with E-state index in [1.54, 1.807) is 6.08 Å². The summed E-state index contributed by atoms with van der Waals surface area (Å²) < 4.78 is 0. The molecule has 0 aliphatic heterocycles. The predicted molar refractivity (Wildman–Crippen MR) is 321 cm³/mol. The van der Waals surface area contributed by atoms with Crippen LogP contribution in [0.2, 0.25) is 0 Å². The molecule has 0 bridgehead atoms. The van der Waals surface area contributed by atoms with E-state index in [2.05, 4.69) is 281 Å². The average molecular weight is 957 g/mol. The van der Waals surface area contributed by atoms with Gasteiger partial charge in [-0.2, -0.15) is 0 Å². The minimum absolute atomic E-state index is 0.150. The van der Waals surface area contributed by atoms with Gasteiger partial charge >= 0.3 is 0 Å². The first kappa shape index (κ1) is 48.9. The smallest absolute Gasteiger partial charge is 0.0462 e. The number of hydrogen-bond donors (Lipinski definition) is 0. The van der Waals surface area contributed by atoms with Gasteiger partial charge < -0.3 is 9.80 Å². The Morgan fingerprint density at radius 1 is 0.365 bits per heavy atom. The number of fused-ring (bicyclic) bond motifs is 6. The fourth-order valence-electron chi connectivity index (χ4n) is 10.9. The molecule has 2 aliphatic carbocycles. The maximum Gasteiger partial charge on any atom is 0.0462 e. The Balaban J connectivity index is 0.00000309. The van der Waals surface area contributed by atoms with Crippen molar-refractivity contribution in [2.45, 2.75) is 52.4 Å². The molecule has 0 unspecified atom stereocenters. The Hall–Kier alpha value is -8.72. The highest BCUT2D eigenvalue weighted by Crippen LogP contribution is 2.52. The second-order valence-corrected chi connectivity index (χ2v) is 19.9. The molecule has 74 heavy (non-hydrogen) atoms. The van der Waals surface area contributed by atoms with E-state index in [4.69, 9.17) is 0 Å². The number of para-hydroxylation sites is 3. The lowest BCUT2D eigenvalue weighted by Crippen LogP contribution is -2.15. The maximum absolute atomic E-state index is 4.08. The van der Waals surface area contributed by atoms with E-state index in [1.165, 1.54) is 66.8 Å². The molecule has 0 spiro atoms. The lowest BCUT2D eigenvalue weighted by molar-refractivity contribution is 0.659.